The van der Waals surface area contributed by atoms with E-state index in [2.05, 4.69) is 10.2 Å². The highest BCUT2D eigenvalue weighted by molar-refractivity contribution is 5.80. The highest BCUT2D eigenvalue weighted by Gasteiger charge is 2.15. The van der Waals surface area contributed by atoms with Gasteiger partial charge in [0, 0.05) is 13.0 Å². The van der Waals surface area contributed by atoms with E-state index in [1.807, 2.05) is 4.57 Å². The molecule has 0 saturated heterocycles. The van der Waals surface area contributed by atoms with Crippen LogP contribution in [0, 0.1) is 0 Å². The largest absolute Gasteiger partial charge is 0.317 e. The Kier molecular flexibility index (Phi) is 1.06. The number of aromatic nitrogens is 3. The average Bonchev–Trinajstić information content (AvgIpc) is 2.33. The first-order chi connectivity index (χ1) is 4.86. The molecule has 4 nitrogen and oxygen atoms in total. The van der Waals surface area contributed by atoms with Crippen molar-refractivity contribution in [3.63, 3.8) is 0 Å². The zero-order valence-corrected chi connectivity index (χ0v) is 5.45. The van der Waals surface area contributed by atoms with Crippen LogP contribution in [0.2, 0.25) is 0 Å². The minimum atomic E-state index is 0.264. The van der Waals surface area contributed by atoms with Crippen molar-refractivity contribution in [3.05, 3.63) is 12.2 Å². The van der Waals surface area contributed by atoms with E-state index in [1.54, 1.807) is 6.33 Å². The molecule has 4 heteroatoms. The van der Waals surface area contributed by atoms with Crippen LogP contribution in [-0.4, -0.2) is 20.5 Å². The van der Waals surface area contributed by atoms with Gasteiger partial charge in [0.2, 0.25) is 0 Å². The summed E-state index contributed by atoms with van der Waals surface area (Å²) in [6, 6.07) is 0. The van der Waals surface area contributed by atoms with E-state index < -0.39 is 0 Å². The van der Waals surface area contributed by atoms with Crippen molar-refractivity contribution < 1.29 is 4.79 Å². The van der Waals surface area contributed by atoms with Crippen molar-refractivity contribution in [2.24, 2.45) is 0 Å². The van der Waals surface area contributed by atoms with Crippen molar-refractivity contribution in [3.8, 4) is 0 Å². The third-order valence-corrected chi connectivity index (χ3v) is 1.68. The first kappa shape index (κ1) is 5.58. The van der Waals surface area contributed by atoms with Gasteiger partial charge < -0.3 is 4.57 Å². The lowest BCUT2D eigenvalue weighted by Gasteiger charge is -2.09. The number of rotatable bonds is 0. The summed E-state index contributed by atoms with van der Waals surface area (Å²) in [5.74, 6) is 1.07. The van der Waals surface area contributed by atoms with Gasteiger partial charge in [-0.3, -0.25) is 4.79 Å². The summed E-state index contributed by atoms with van der Waals surface area (Å²) in [6.07, 6.45) is 2.76. The highest BCUT2D eigenvalue weighted by Crippen LogP contribution is 2.06. The Balaban J connectivity index is 2.39. The van der Waals surface area contributed by atoms with E-state index in [1.165, 1.54) is 0 Å². The normalized spacial score (nSPS) is 17.0. The van der Waals surface area contributed by atoms with Gasteiger partial charge in [0.15, 0.2) is 0 Å². The number of carbonyl (C=O) groups excluding carboxylic acids is 1. The Hall–Kier alpha value is -1.19. The van der Waals surface area contributed by atoms with Crippen molar-refractivity contribution in [1.29, 1.82) is 0 Å². The number of hydrogen-bond donors (Lipinski definition) is 0. The molecule has 0 amide bonds. The molecule has 2 rings (SSSR count). The zero-order valence-electron chi connectivity index (χ0n) is 5.45. The SMILES string of the molecule is O=C1CCn2cnnc2C1. The summed E-state index contributed by atoms with van der Waals surface area (Å²) in [5.41, 5.74) is 0. The number of aryl methyl sites for hydroxylation is 1. The van der Waals surface area contributed by atoms with Gasteiger partial charge in [-0.2, -0.15) is 0 Å². The molecule has 1 aliphatic heterocycles. The van der Waals surface area contributed by atoms with Crippen molar-refractivity contribution in [2.45, 2.75) is 19.4 Å². The molecule has 10 heavy (non-hydrogen) atoms. The van der Waals surface area contributed by atoms with Crippen LogP contribution in [0.5, 0.6) is 0 Å². The molecular formula is C6H7N3O. The van der Waals surface area contributed by atoms with Gasteiger partial charge in [0.25, 0.3) is 0 Å². The molecule has 2 heterocycles. The molecule has 1 aliphatic rings. The van der Waals surface area contributed by atoms with Crippen LogP contribution >= 0.6 is 0 Å². The van der Waals surface area contributed by atoms with Gasteiger partial charge in [-0.25, -0.2) is 0 Å². The van der Waals surface area contributed by atoms with Crippen LogP contribution in [0.25, 0.3) is 0 Å². The average molecular weight is 137 g/mol. The monoisotopic (exact) mass is 137 g/mol. The molecule has 52 valence electrons. The van der Waals surface area contributed by atoms with Crippen LogP contribution in [0.15, 0.2) is 6.33 Å². The van der Waals surface area contributed by atoms with Crippen molar-refractivity contribution >= 4 is 5.78 Å². The molecule has 0 radical (unpaired) electrons. The molecule has 0 spiro atoms. The summed E-state index contributed by atoms with van der Waals surface area (Å²) in [4.78, 5) is 10.8. The molecule has 0 aliphatic carbocycles. The Morgan fingerprint density at radius 2 is 2.50 bits per heavy atom. The summed E-state index contributed by atoms with van der Waals surface area (Å²) in [6.45, 7) is 0.751. The fourth-order valence-electron chi connectivity index (χ4n) is 1.11. The second-order valence-corrected chi connectivity index (χ2v) is 2.41. The standard InChI is InChI=1S/C6H7N3O/c10-5-1-2-9-4-7-8-6(9)3-5/h4H,1-3H2. The van der Waals surface area contributed by atoms with Crippen molar-refractivity contribution in [2.75, 3.05) is 0 Å². The maximum atomic E-state index is 10.8. The molecule has 1 aromatic rings. The van der Waals surface area contributed by atoms with Crippen LogP contribution in [0.1, 0.15) is 12.2 Å². The van der Waals surface area contributed by atoms with E-state index in [0.29, 0.717) is 12.8 Å². The number of nitrogens with zero attached hydrogens (tertiary/aromatic N) is 3. The summed E-state index contributed by atoms with van der Waals surface area (Å²) in [7, 11) is 0. The van der Waals surface area contributed by atoms with Gasteiger partial charge in [0.1, 0.15) is 17.9 Å². The molecule has 0 saturated carbocycles. The summed E-state index contributed by atoms with van der Waals surface area (Å²) >= 11 is 0. The minimum absolute atomic E-state index is 0.264. The number of fused-ring (bicyclic) bond motifs is 1. The summed E-state index contributed by atoms with van der Waals surface area (Å²) < 4.78 is 1.92. The van der Waals surface area contributed by atoms with Crippen molar-refractivity contribution in [1.82, 2.24) is 14.8 Å². The summed E-state index contributed by atoms with van der Waals surface area (Å²) in [5, 5.41) is 7.50. The first-order valence-corrected chi connectivity index (χ1v) is 3.24. The molecule has 0 N–H and O–H groups in total. The lowest BCUT2D eigenvalue weighted by atomic mass is 10.1. The second kappa shape index (κ2) is 1.90. The fraction of sp³-hybridized carbons (Fsp3) is 0.500. The predicted octanol–water partition coefficient (Wildman–Crippen LogP) is -0.207. The molecule has 0 aromatic carbocycles. The molecule has 1 aromatic heterocycles. The van der Waals surface area contributed by atoms with Crippen LogP contribution in [-0.2, 0) is 17.8 Å². The number of hydrogen-bond acceptors (Lipinski definition) is 3. The Bertz CT molecular complexity index is 266. The molecule has 0 atom stereocenters. The van der Waals surface area contributed by atoms with Gasteiger partial charge >= 0.3 is 0 Å². The van der Waals surface area contributed by atoms with E-state index in [4.69, 9.17) is 0 Å². The quantitative estimate of drug-likeness (QED) is 0.497. The molecular weight excluding hydrogens is 130 g/mol. The van der Waals surface area contributed by atoms with E-state index in [9.17, 15) is 4.79 Å². The first-order valence-electron chi connectivity index (χ1n) is 3.24. The van der Waals surface area contributed by atoms with Gasteiger partial charge in [0.05, 0.1) is 6.42 Å². The van der Waals surface area contributed by atoms with E-state index in [0.717, 1.165) is 12.4 Å². The number of ketones is 1. The topological polar surface area (TPSA) is 47.8 Å². The highest BCUT2D eigenvalue weighted by atomic mass is 16.1. The maximum Gasteiger partial charge on any atom is 0.142 e. The lowest BCUT2D eigenvalue weighted by molar-refractivity contribution is -0.119. The predicted molar refractivity (Wildman–Crippen MR) is 33.3 cm³/mol. The second-order valence-electron chi connectivity index (χ2n) is 2.41. The van der Waals surface area contributed by atoms with Gasteiger partial charge in [-0.1, -0.05) is 0 Å². The van der Waals surface area contributed by atoms with Crippen LogP contribution in [0.4, 0.5) is 0 Å². The zero-order chi connectivity index (χ0) is 6.97. The number of Topliss-reactive ketones (excluding diaryl/α,β-unsaturated/α-hetero) is 1. The number of carbonyl (C=O) groups is 1. The van der Waals surface area contributed by atoms with E-state index >= 15 is 0 Å². The van der Waals surface area contributed by atoms with Gasteiger partial charge in [-0.15, -0.1) is 10.2 Å². The third-order valence-electron chi connectivity index (χ3n) is 1.68. The Morgan fingerprint density at radius 1 is 1.60 bits per heavy atom. The van der Waals surface area contributed by atoms with E-state index in [-0.39, 0.29) is 5.78 Å². The third kappa shape index (κ3) is 0.725. The molecule has 0 unspecified atom stereocenters. The fourth-order valence-corrected chi connectivity index (χ4v) is 1.11. The minimum Gasteiger partial charge on any atom is -0.317 e. The Labute approximate surface area is 57.9 Å². The molecule has 0 fully saturated rings. The smallest absolute Gasteiger partial charge is 0.142 e. The van der Waals surface area contributed by atoms with Crippen LogP contribution < -0.4 is 0 Å². The van der Waals surface area contributed by atoms with Crippen LogP contribution in [0.3, 0.4) is 0 Å². The lowest BCUT2D eigenvalue weighted by Crippen LogP contribution is -2.18. The van der Waals surface area contributed by atoms with Gasteiger partial charge in [-0.05, 0) is 0 Å². The Morgan fingerprint density at radius 3 is 3.40 bits per heavy atom. The maximum absolute atomic E-state index is 10.8. The molecule has 0 bridgehead atoms.